The largest absolute Gasteiger partial charge is 0.461 e. The molecule has 1 unspecified atom stereocenters. The van der Waals surface area contributed by atoms with Crippen LogP contribution >= 0.6 is 0 Å². The number of nitrogens with one attached hydrogen (secondary N) is 1. The smallest absolute Gasteiger partial charge is 0.355 e. The van der Waals surface area contributed by atoms with Crippen molar-refractivity contribution in [3.63, 3.8) is 0 Å². The van der Waals surface area contributed by atoms with Crippen LogP contribution < -0.4 is 0 Å². The van der Waals surface area contributed by atoms with Crippen molar-refractivity contribution in [3.05, 3.63) is 22.5 Å². The molecule has 0 bridgehead atoms. The minimum atomic E-state index is -0.347. The highest BCUT2D eigenvalue weighted by Gasteiger charge is 2.25. The van der Waals surface area contributed by atoms with E-state index < -0.39 is 0 Å². The average Bonchev–Trinajstić information content (AvgIpc) is 3.17. The summed E-state index contributed by atoms with van der Waals surface area (Å²) in [5.74, 6) is -0.212. The van der Waals surface area contributed by atoms with E-state index in [-0.39, 0.29) is 18.0 Å². The quantitative estimate of drug-likeness (QED) is 0.731. The third kappa shape index (κ3) is 4.84. The molecule has 1 fully saturated rings. The van der Waals surface area contributed by atoms with Crippen LogP contribution in [0.15, 0.2) is 0 Å². The lowest BCUT2D eigenvalue weighted by molar-refractivity contribution is -0.133. The molecule has 2 heterocycles. The molecule has 0 aliphatic carbocycles. The van der Waals surface area contributed by atoms with Gasteiger partial charge < -0.3 is 19.4 Å². The Morgan fingerprint density at radius 2 is 2.08 bits per heavy atom. The number of carbonyl (C=O) groups excluding carboxylic acids is 2. The van der Waals surface area contributed by atoms with Crippen LogP contribution in [0.1, 0.15) is 66.8 Å². The van der Waals surface area contributed by atoms with Crippen molar-refractivity contribution in [2.75, 3.05) is 19.8 Å². The summed E-state index contributed by atoms with van der Waals surface area (Å²) < 4.78 is 10.8. The molecule has 140 valence electrons. The molecule has 1 atom stereocenters. The Morgan fingerprint density at radius 3 is 2.68 bits per heavy atom. The van der Waals surface area contributed by atoms with Crippen LogP contribution in [0.3, 0.4) is 0 Å². The van der Waals surface area contributed by atoms with Crippen LogP contribution in [0, 0.1) is 13.8 Å². The summed E-state index contributed by atoms with van der Waals surface area (Å²) in [4.78, 5) is 29.6. The van der Waals surface area contributed by atoms with Gasteiger partial charge in [-0.15, -0.1) is 0 Å². The fourth-order valence-corrected chi connectivity index (χ4v) is 3.28. The molecule has 0 aromatic carbocycles. The molecular weight excluding hydrogens is 320 g/mol. The molecule has 25 heavy (non-hydrogen) atoms. The summed E-state index contributed by atoms with van der Waals surface area (Å²) >= 11 is 0. The second-order valence-electron chi connectivity index (χ2n) is 6.61. The molecule has 2 rings (SSSR count). The number of aromatic nitrogens is 1. The Hall–Kier alpha value is -1.82. The Balaban J connectivity index is 2.19. The maximum absolute atomic E-state index is 12.6. The first-order valence-electron chi connectivity index (χ1n) is 9.22. The van der Waals surface area contributed by atoms with E-state index >= 15 is 0 Å². The number of aromatic amines is 1. The SMILES string of the molecule is CCCC(=O)N(Cc1c(C)[nH]c(C(=O)OCC)c1C)CC1CCCO1. The van der Waals surface area contributed by atoms with E-state index in [4.69, 9.17) is 9.47 Å². The van der Waals surface area contributed by atoms with Crippen molar-refractivity contribution >= 4 is 11.9 Å². The molecule has 1 aromatic heterocycles. The molecule has 1 aromatic rings. The summed E-state index contributed by atoms with van der Waals surface area (Å²) in [5.41, 5.74) is 3.24. The number of hydrogen-bond acceptors (Lipinski definition) is 4. The summed E-state index contributed by atoms with van der Waals surface area (Å²) in [6, 6.07) is 0. The molecule has 1 aliphatic heterocycles. The fourth-order valence-electron chi connectivity index (χ4n) is 3.28. The summed E-state index contributed by atoms with van der Waals surface area (Å²) in [6.07, 6.45) is 3.51. The average molecular weight is 350 g/mol. The van der Waals surface area contributed by atoms with E-state index in [2.05, 4.69) is 4.98 Å². The van der Waals surface area contributed by atoms with Gasteiger partial charge in [0.1, 0.15) is 5.69 Å². The minimum absolute atomic E-state index is 0.116. The molecule has 0 spiro atoms. The Bertz CT molecular complexity index is 603. The van der Waals surface area contributed by atoms with Crippen molar-refractivity contribution in [1.29, 1.82) is 0 Å². The zero-order chi connectivity index (χ0) is 18.4. The number of rotatable bonds is 8. The van der Waals surface area contributed by atoms with Crippen molar-refractivity contribution in [2.24, 2.45) is 0 Å². The molecule has 0 radical (unpaired) electrons. The third-order valence-electron chi connectivity index (χ3n) is 4.69. The number of esters is 1. The monoisotopic (exact) mass is 350 g/mol. The number of carbonyl (C=O) groups is 2. The van der Waals surface area contributed by atoms with Gasteiger partial charge in [-0.3, -0.25) is 4.79 Å². The molecule has 1 saturated heterocycles. The van der Waals surface area contributed by atoms with Gasteiger partial charge in [0.25, 0.3) is 0 Å². The van der Waals surface area contributed by atoms with E-state index in [9.17, 15) is 9.59 Å². The first kappa shape index (κ1) is 19.5. The standard InChI is InChI=1S/C19H30N2O4/c1-5-8-17(22)21(11-15-9-7-10-25-15)12-16-13(3)18(20-14(16)4)19(23)24-6-2/h15,20H,5-12H2,1-4H3. The third-order valence-corrected chi connectivity index (χ3v) is 4.69. The lowest BCUT2D eigenvalue weighted by atomic mass is 10.1. The highest BCUT2D eigenvalue weighted by molar-refractivity contribution is 5.90. The molecule has 1 N–H and O–H groups in total. The predicted molar refractivity (Wildman–Crippen MR) is 95.5 cm³/mol. The topological polar surface area (TPSA) is 71.6 Å². The van der Waals surface area contributed by atoms with Crippen LogP contribution in [0.4, 0.5) is 0 Å². The maximum atomic E-state index is 12.6. The number of H-pyrrole nitrogens is 1. The Kier molecular flexibility index (Phi) is 7.05. The van der Waals surface area contributed by atoms with Gasteiger partial charge in [-0.2, -0.15) is 0 Å². The lowest BCUT2D eigenvalue weighted by Gasteiger charge is -2.26. The van der Waals surface area contributed by atoms with Crippen LogP contribution in [-0.2, 0) is 20.8 Å². The zero-order valence-electron chi connectivity index (χ0n) is 15.8. The lowest BCUT2D eigenvalue weighted by Crippen LogP contribution is -2.37. The van der Waals surface area contributed by atoms with Crippen molar-refractivity contribution in [1.82, 2.24) is 9.88 Å². The first-order valence-corrected chi connectivity index (χ1v) is 9.22. The van der Waals surface area contributed by atoms with Crippen molar-refractivity contribution in [2.45, 2.75) is 66.0 Å². The van der Waals surface area contributed by atoms with Crippen LogP contribution in [0.2, 0.25) is 0 Å². The van der Waals surface area contributed by atoms with Crippen molar-refractivity contribution in [3.8, 4) is 0 Å². The van der Waals surface area contributed by atoms with Gasteiger partial charge in [0.15, 0.2) is 0 Å². The molecule has 1 aliphatic rings. The van der Waals surface area contributed by atoms with E-state index in [1.165, 1.54) is 0 Å². The number of ether oxygens (including phenoxy) is 2. The van der Waals surface area contributed by atoms with Crippen molar-refractivity contribution < 1.29 is 19.1 Å². The van der Waals surface area contributed by atoms with E-state index in [0.717, 1.165) is 42.7 Å². The van der Waals surface area contributed by atoms with Crippen LogP contribution in [-0.4, -0.2) is 47.6 Å². The number of aryl methyl sites for hydroxylation is 1. The highest BCUT2D eigenvalue weighted by atomic mass is 16.5. The molecule has 6 heteroatoms. The van der Waals surface area contributed by atoms with E-state index in [0.29, 0.717) is 31.8 Å². The van der Waals surface area contributed by atoms with Gasteiger partial charge in [-0.1, -0.05) is 6.92 Å². The first-order chi connectivity index (χ1) is 12.0. The summed E-state index contributed by atoms with van der Waals surface area (Å²) in [7, 11) is 0. The van der Waals surface area contributed by atoms with Crippen LogP contribution in [0.5, 0.6) is 0 Å². The van der Waals surface area contributed by atoms with Gasteiger partial charge in [-0.05, 0) is 51.2 Å². The molecule has 0 saturated carbocycles. The molecule has 6 nitrogen and oxygen atoms in total. The fraction of sp³-hybridized carbons (Fsp3) is 0.684. The second kappa shape index (κ2) is 9.04. The molecular formula is C19H30N2O4. The predicted octanol–water partition coefficient (Wildman–Crippen LogP) is 3.12. The van der Waals surface area contributed by atoms with Gasteiger partial charge in [0.2, 0.25) is 5.91 Å². The number of hydrogen-bond donors (Lipinski definition) is 1. The summed E-state index contributed by atoms with van der Waals surface area (Å²) in [5, 5.41) is 0. The van der Waals surface area contributed by atoms with Gasteiger partial charge >= 0.3 is 5.97 Å². The summed E-state index contributed by atoms with van der Waals surface area (Å²) in [6.45, 7) is 9.84. The van der Waals surface area contributed by atoms with Crippen LogP contribution in [0.25, 0.3) is 0 Å². The number of nitrogens with zero attached hydrogens (tertiary/aromatic N) is 1. The minimum Gasteiger partial charge on any atom is -0.461 e. The Morgan fingerprint density at radius 1 is 1.32 bits per heavy atom. The van der Waals surface area contributed by atoms with E-state index in [1.807, 2.05) is 25.7 Å². The van der Waals surface area contributed by atoms with Gasteiger partial charge in [0.05, 0.1) is 12.7 Å². The highest BCUT2D eigenvalue weighted by Crippen LogP contribution is 2.23. The molecule has 1 amide bonds. The van der Waals surface area contributed by atoms with Gasteiger partial charge in [0, 0.05) is 31.8 Å². The number of amides is 1. The van der Waals surface area contributed by atoms with Gasteiger partial charge in [-0.25, -0.2) is 4.79 Å². The Labute approximate surface area is 149 Å². The maximum Gasteiger partial charge on any atom is 0.355 e. The van der Waals surface area contributed by atoms with E-state index in [1.54, 1.807) is 6.92 Å². The normalized spacial score (nSPS) is 16.9. The second-order valence-corrected chi connectivity index (χ2v) is 6.61. The zero-order valence-corrected chi connectivity index (χ0v) is 15.8.